The van der Waals surface area contributed by atoms with Crippen LogP contribution >= 0.6 is 0 Å². The molecule has 0 saturated carbocycles. The van der Waals surface area contributed by atoms with E-state index in [-0.39, 0.29) is 0 Å². The van der Waals surface area contributed by atoms with Crippen LogP contribution in [0, 0.1) is 0 Å². The highest BCUT2D eigenvalue weighted by Gasteiger charge is 2.20. The van der Waals surface area contributed by atoms with Crippen molar-refractivity contribution in [3.63, 3.8) is 0 Å². The Bertz CT molecular complexity index is 448. The number of ether oxygens (including phenoxy) is 2. The van der Waals surface area contributed by atoms with Crippen LogP contribution in [0.2, 0.25) is 0 Å². The Morgan fingerprint density at radius 2 is 2.24 bits per heavy atom. The van der Waals surface area contributed by atoms with Crippen molar-refractivity contribution < 1.29 is 9.47 Å². The Kier molecular flexibility index (Phi) is 6.03. The molecule has 1 aromatic rings. The number of nitrogens with one attached hydrogen (secondary N) is 1. The van der Waals surface area contributed by atoms with Crippen molar-refractivity contribution in [3.8, 4) is 5.75 Å². The van der Waals surface area contributed by atoms with E-state index in [0.717, 1.165) is 38.6 Å². The minimum Gasteiger partial charge on any atom is -0.496 e. The quantitative estimate of drug-likeness (QED) is 0.873. The van der Waals surface area contributed by atoms with E-state index in [1.54, 1.807) is 7.11 Å². The molecule has 1 saturated heterocycles. The smallest absolute Gasteiger partial charge is 0.123 e. The second-order valence-electron chi connectivity index (χ2n) is 6.08. The first-order chi connectivity index (χ1) is 10.1. The molecule has 0 bridgehead atoms. The standard InChI is InChI=1S/C17H28N2O2/c1-13(2)18-10-15-5-6-17(20-4)16(9-15)11-19-7-8-21-12-14(19)3/h5-6,9,13-14,18H,7-8,10-12H2,1-4H3. The summed E-state index contributed by atoms with van der Waals surface area (Å²) in [6.45, 7) is 11.0. The lowest BCUT2D eigenvalue weighted by molar-refractivity contribution is -0.00464. The van der Waals surface area contributed by atoms with Gasteiger partial charge in [-0.3, -0.25) is 4.90 Å². The lowest BCUT2D eigenvalue weighted by Crippen LogP contribution is -2.43. The van der Waals surface area contributed by atoms with Gasteiger partial charge in [0.05, 0.1) is 20.3 Å². The first kappa shape index (κ1) is 16.3. The second-order valence-corrected chi connectivity index (χ2v) is 6.08. The van der Waals surface area contributed by atoms with Gasteiger partial charge in [0.15, 0.2) is 0 Å². The maximum atomic E-state index is 5.52. The molecule has 1 aromatic carbocycles. The highest BCUT2D eigenvalue weighted by Crippen LogP contribution is 2.23. The molecule has 1 fully saturated rings. The molecule has 1 aliphatic heterocycles. The van der Waals surface area contributed by atoms with Gasteiger partial charge in [0.1, 0.15) is 5.75 Å². The van der Waals surface area contributed by atoms with Gasteiger partial charge in [-0.25, -0.2) is 0 Å². The molecule has 1 unspecified atom stereocenters. The van der Waals surface area contributed by atoms with Crippen molar-refractivity contribution in [2.24, 2.45) is 0 Å². The third kappa shape index (κ3) is 4.70. The minimum absolute atomic E-state index is 0.459. The van der Waals surface area contributed by atoms with Crippen LogP contribution in [0.3, 0.4) is 0 Å². The van der Waals surface area contributed by atoms with Crippen molar-refractivity contribution >= 4 is 0 Å². The number of morpholine rings is 1. The molecule has 0 spiro atoms. The van der Waals surface area contributed by atoms with Crippen molar-refractivity contribution in [3.05, 3.63) is 29.3 Å². The molecule has 4 heteroatoms. The molecule has 0 amide bonds. The second kappa shape index (κ2) is 7.78. The van der Waals surface area contributed by atoms with Crippen molar-refractivity contribution in [1.82, 2.24) is 10.2 Å². The van der Waals surface area contributed by atoms with Crippen LogP contribution in [0.1, 0.15) is 31.9 Å². The van der Waals surface area contributed by atoms with Crippen molar-refractivity contribution in [1.29, 1.82) is 0 Å². The SMILES string of the molecule is COc1ccc(CNC(C)C)cc1CN1CCOCC1C. The molecule has 0 radical (unpaired) electrons. The number of hydrogen-bond donors (Lipinski definition) is 1. The average molecular weight is 292 g/mol. The molecule has 118 valence electrons. The summed E-state index contributed by atoms with van der Waals surface area (Å²) in [5.41, 5.74) is 2.56. The lowest BCUT2D eigenvalue weighted by Gasteiger charge is -2.33. The highest BCUT2D eigenvalue weighted by molar-refractivity contribution is 5.37. The molecular formula is C17H28N2O2. The third-order valence-corrected chi connectivity index (χ3v) is 3.94. The summed E-state index contributed by atoms with van der Waals surface area (Å²) in [4.78, 5) is 2.46. The number of methoxy groups -OCH3 is 1. The molecule has 1 N–H and O–H groups in total. The first-order valence-electron chi connectivity index (χ1n) is 7.81. The molecule has 1 atom stereocenters. The molecule has 4 nitrogen and oxygen atoms in total. The van der Waals surface area contributed by atoms with Gasteiger partial charge in [-0.05, 0) is 24.6 Å². The van der Waals surface area contributed by atoms with Crippen LogP contribution in [0.5, 0.6) is 5.75 Å². The maximum absolute atomic E-state index is 5.52. The Morgan fingerprint density at radius 3 is 2.90 bits per heavy atom. The van der Waals surface area contributed by atoms with Gasteiger partial charge in [-0.1, -0.05) is 19.9 Å². The van der Waals surface area contributed by atoms with E-state index < -0.39 is 0 Å². The number of benzene rings is 1. The Labute approximate surface area is 128 Å². The Hall–Kier alpha value is -1.10. The molecular weight excluding hydrogens is 264 g/mol. The Balaban J connectivity index is 2.09. The molecule has 2 rings (SSSR count). The van der Waals surface area contributed by atoms with Crippen LogP contribution in [0.15, 0.2) is 18.2 Å². The third-order valence-electron chi connectivity index (χ3n) is 3.94. The zero-order valence-electron chi connectivity index (χ0n) is 13.7. The van der Waals surface area contributed by atoms with Gasteiger partial charge in [-0.2, -0.15) is 0 Å². The normalized spacial score (nSPS) is 20.0. The lowest BCUT2D eigenvalue weighted by atomic mass is 10.1. The molecule has 21 heavy (non-hydrogen) atoms. The zero-order chi connectivity index (χ0) is 15.2. The largest absolute Gasteiger partial charge is 0.496 e. The van der Waals surface area contributed by atoms with Crippen LogP contribution < -0.4 is 10.1 Å². The van der Waals surface area contributed by atoms with Gasteiger partial charge in [-0.15, -0.1) is 0 Å². The topological polar surface area (TPSA) is 33.7 Å². The van der Waals surface area contributed by atoms with Crippen LogP contribution in [-0.2, 0) is 17.8 Å². The summed E-state index contributed by atoms with van der Waals surface area (Å²) in [5, 5.41) is 3.46. The maximum Gasteiger partial charge on any atom is 0.123 e. The molecule has 0 aliphatic carbocycles. The first-order valence-corrected chi connectivity index (χ1v) is 7.81. The fourth-order valence-corrected chi connectivity index (χ4v) is 2.60. The van der Waals surface area contributed by atoms with Crippen molar-refractivity contribution in [2.45, 2.75) is 45.9 Å². The van der Waals surface area contributed by atoms with Gasteiger partial charge >= 0.3 is 0 Å². The van der Waals surface area contributed by atoms with Gasteiger partial charge in [0.25, 0.3) is 0 Å². The fraction of sp³-hybridized carbons (Fsp3) is 0.647. The van der Waals surface area contributed by atoms with Gasteiger partial charge in [0.2, 0.25) is 0 Å². The summed E-state index contributed by atoms with van der Waals surface area (Å²) in [6.07, 6.45) is 0. The molecule has 0 aromatic heterocycles. The number of nitrogens with zero attached hydrogens (tertiary/aromatic N) is 1. The van der Waals surface area contributed by atoms with E-state index in [0.29, 0.717) is 12.1 Å². The molecule has 1 heterocycles. The monoisotopic (exact) mass is 292 g/mol. The Morgan fingerprint density at radius 1 is 1.43 bits per heavy atom. The summed E-state index contributed by atoms with van der Waals surface area (Å²) in [6, 6.07) is 7.44. The molecule has 1 aliphatic rings. The van der Waals surface area contributed by atoms with E-state index in [1.165, 1.54) is 11.1 Å². The summed E-state index contributed by atoms with van der Waals surface area (Å²) >= 11 is 0. The van der Waals surface area contributed by atoms with Crippen LogP contribution in [-0.4, -0.2) is 43.9 Å². The summed E-state index contributed by atoms with van der Waals surface area (Å²) in [7, 11) is 1.74. The minimum atomic E-state index is 0.459. The van der Waals surface area contributed by atoms with Gasteiger partial charge in [0, 0.05) is 37.3 Å². The van der Waals surface area contributed by atoms with E-state index >= 15 is 0 Å². The van der Waals surface area contributed by atoms with Crippen LogP contribution in [0.25, 0.3) is 0 Å². The van der Waals surface area contributed by atoms with E-state index in [1.807, 2.05) is 0 Å². The summed E-state index contributed by atoms with van der Waals surface area (Å²) in [5.74, 6) is 0.974. The van der Waals surface area contributed by atoms with Crippen LogP contribution in [0.4, 0.5) is 0 Å². The highest BCUT2D eigenvalue weighted by atomic mass is 16.5. The fourth-order valence-electron chi connectivity index (χ4n) is 2.60. The van der Waals surface area contributed by atoms with Gasteiger partial charge < -0.3 is 14.8 Å². The average Bonchev–Trinajstić information content (AvgIpc) is 2.47. The van der Waals surface area contributed by atoms with E-state index in [2.05, 4.69) is 49.2 Å². The van der Waals surface area contributed by atoms with E-state index in [4.69, 9.17) is 9.47 Å². The number of hydrogen-bond acceptors (Lipinski definition) is 4. The van der Waals surface area contributed by atoms with E-state index in [9.17, 15) is 0 Å². The summed E-state index contributed by atoms with van der Waals surface area (Å²) < 4.78 is 11.0. The predicted molar refractivity (Wildman–Crippen MR) is 85.7 cm³/mol. The number of rotatable bonds is 6. The van der Waals surface area contributed by atoms with Crippen molar-refractivity contribution in [2.75, 3.05) is 26.9 Å². The zero-order valence-corrected chi connectivity index (χ0v) is 13.7. The predicted octanol–water partition coefficient (Wildman–Crippen LogP) is 2.41.